The van der Waals surface area contributed by atoms with Gasteiger partial charge >= 0.3 is 0 Å². The van der Waals surface area contributed by atoms with Gasteiger partial charge in [-0.1, -0.05) is 66.9 Å². The Morgan fingerprint density at radius 1 is 1.28 bits per heavy atom. The number of amidine groups is 1. The molecular formula is C20H23N3OS. The summed E-state index contributed by atoms with van der Waals surface area (Å²) in [5.41, 5.74) is 12.5. The lowest BCUT2D eigenvalue weighted by atomic mass is 9.88. The van der Waals surface area contributed by atoms with Crippen LogP contribution in [-0.4, -0.2) is 10.9 Å². The normalized spacial score (nSPS) is 20.0. The maximum atomic E-state index is 5.93. The molecule has 2 aromatic carbocycles. The molecule has 0 aromatic heterocycles. The van der Waals surface area contributed by atoms with Gasteiger partial charge in [0.05, 0.1) is 17.8 Å². The number of hydrogen-bond acceptors (Lipinski definition) is 5. The summed E-state index contributed by atoms with van der Waals surface area (Å²) in [7, 11) is 0. The summed E-state index contributed by atoms with van der Waals surface area (Å²) >= 11 is 1.61. The number of nitrogens with two attached hydrogens (primary N) is 1. The molecule has 2 aromatic rings. The highest BCUT2D eigenvalue weighted by Crippen LogP contribution is 2.35. The molecule has 1 aliphatic heterocycles. The van der Waals surface area contributed by atoms with Crippen LogP contribution in [0.25, 0.3) is 5.70 Å². The maximum Gasteiger partial charge on any atom is 0.154 e. The predicted octanol–water partition coefficient (Wildman–Crippen LogP) is 4.05. The van der Waals surface area contributed by atoms with Crippen molar-refractivity contribution in [2.24, 2.45) is 10.7 Å². The molecule has 25 heavy (non-hydrogen) atoms. The van der Waals surface area contributed by atoms with Crippen molar-refractivity contribution >= 4 is 22.6 Å². The average molecular weight is 353 g/mol. The van der Waals surface area contributed by atoms with Gasteiger partial charge in [-0.2, -0.15) is 0 Å². The largest absolute Gasteiger partial charge is 0.379 e. The van der Waals surface area contributed by atoms with E-state index in [4.69, 9.17) is 10.6 Å². The molecule has 0 saturated carbocycles. The van der Waals surface area contributed by atoms with Crippen molar-refractivity contribution in [2.45, 2.75) is 25.5 Å². The Bertz CT molecular complexity index is 776. The summed E-state index contributed by atoms with van der Waals surface area (Å²) in [6.45, 7) is 6.69. The third kappa shape index (κ3) is 4.44. The molecule has 4 nitrogen and oxygen atoms in total. The van der Waals surface area contributed by atoms with Crippen LogP contribution in [0.4, 0.5) is 0 Å². The van der Waals surface area contributed by atoms with Crippen molar-refractivity contribution in [3.8, 4) is 0 Å². The molecule has 1 atom stereocenters. The first-order valence-corrected chi connectivity index (χ1v) is 9.25. The van der Waals surface area contributed by atoms with Crippen LogP contribution < -0.4 is 11.2 Å². The van der Waals surface area contributed by atoms with Gasteiger partial charge < -0.3 is 5.73 Å². The average Bonchev–Trinajstić information content (AvgIpc) is 2.62. The molecule has 0 saturated heterocycles. The molecule has 1 heterocycles. The number of thioether (sulfide) groups is 1. The van der Waals surface area contributed by atoms with Crippen LogP contribution in [0.15, 0.2) is 66.2 Å². The SMILES string of the molecule is C=C(NOCc1ccccc1)c1cccc(C2(C)CCSC(N)=N2)c1. The Balaban J connectivity index is 1.66. The van der Waals surface area contributed by atoms with E-state index in [0.29, 0.717) is 11.8 Å². The molecule has 0 radical (unpaired) electrons. The zero-order chi connectivity index (χ0) is 17.7. The van der Waals surface area contributed by atoms with Crippen LogP contribution in [0.1, 0.15) is 30.0 Å². The summed E-state index contributed by atoms with van der Waals surface area (Å²) in [5.74, 6) is 0.982. The third-order valence-electron chi connectivity index (χ3n) is 4.31. The highest BCUT2D eigenvalue weighted by atomic mass is 32.2. The molecule has 0 fully saturated rings. The van der Waals surface area contributed by atoms with Crippen LogP contribution in [-0.2, 0) is 17.0 Å². The smallest absolute Gasteiger partial charge is 0.154 e. The van der Waals surface area contributed by atoms with Gasteiger partial charge in [-0.25, -0.2) is 0 Å². The van der Waals surface area contributed by atoms with E-state index in [0.717, 1.165) is 34.6 Å². The first-order valence-electron chi connectivity index (χ1n) is 8.26. The lowest BCUT2D eigenvalue weighted by Gasteiger charge is -2.30. The fourth-order valence-electron chi connectivity index (χ4n) is 2.78. The quantitative estimate of drug-likeness (QED) is 0.769. The Morgan fingerprint density at radius 2 is 2.08 bits per heavy atom. The molecule has 0 spiro atoms. The Morgan fingerprint density at radius 3 is 2.84 bits per heavy atom. The summed E-state index contributed by atoms with van der Waals surface area (Å²) < 4.78 is 0. The van der Waals surface area contributed by atoms with Crippen LogP contribution in [0.5, 0.6) is 0 Å². The van der Waals surface area contributed by atoms with Crippen molar-refractivity contribution in [3.05, 3.63) is 77.9 Å². The maximum absolute atomic E-state index is 5.93. The molecule has 3 rings (SSSR count). The minimum Gasteiger partial charge on any atom is -0.379 e. The fraction of sp³-hybridized carbons (Fsp3) is 0.250. The summed E-state index contributed by atoms with van der Waals surface area (Å²) in [5, 5.41) is 0.655. The van der Waals surface area contributed by atoms with E-state index in [1.165, 1.54) is 0 Å². The predicted molar refractivity (Wildman–Crippen MR) is 106 cm³/mol. The lowest BCUT2D eigenvalue weighted by molar-refractivity contribution is 0.0648. The van der Waals surface area contributed by atoms with Gasteiger partial charge in [0.25, 0.3) is 0 Å². The number of rotatable bonds is 6. The highest BCUT2D eigenvalue weighted by molar-refractivity contribution is 8.13. The van der Waals surface area contributed by atoms with E-state index in [1.807, 2.05) is 42.5 Å². The topological polar surface area (TPSA) is 59.6 Å². The second-order valence-electron chi connectivity index (χ2n) is 6.26. The first-order chi connectivity index (χ1) is 12.1. The number of nitrogens with zero attached hydrogens (tertiary/aromatic N) is 1. The van der Waals surface area contributed by atoms with Crippen molar-refractivity contribution in [2.75, 3.05) is 5.75 Å². The van der Waals surface area contributed by atoms with Crippen molar-refractivity contribution in [3.63, 3.8) is 0 Å². The minimum absolute atomic E-state index is 0.281. The molecule has 0 bridgehead atoms. The fourth-order valence-corrected chi connectivity index (χ4v) is 3.75. The van der Waals surface area contributed by atoms with Crippen molar-refractivity contribution < 1.29 is 4.84 Å². The van der Waals surface area contributed by atoms with E-state index < -0.39 is 0 Å². The lowest BCUT2D eigenvalue weighted by Crippen LogP contribution is -2.28. The Hall–Kier alpha value is -2.24. The van der Waals surface area contributed by atoms with E-state index in [-0.39, 0.29) is 5.54 Å². The Kier molecular flexibility index (Phi) is 5.46. The number of benzene rings is 2. The summed E-state index contributed by atoms with van der Waals surface area (Å²) in [6, 6.07) is 18.2. The van der Waals surface area contributed by atoms with Gasteiger partial charge in [0.1, 0.15) is 0 Å². The summed E-state index contributed by atoms with van der Waals surface area (Å²) in [4.78, 5) is 10.2. The zero-order valence-electron chi connectivity index (χ0n) is 14.4. The van der Waals surface area contributed by atoms with Crippen molar-refractivity contribution in [1.82, 2.24) is 5.48 Å². The molecule has 130 valence electrons. The second-order valence-corrected chi connectivity index (χ2v) is 7.37. The van der Waals surface area contributed by atoms with Crippen molar-refractivity contribution in [1.29, 1.82) is 0 Å². The number of hydrogen-bond donors (Lipinski definition) is 2. The van der Waals surface area contributed by atoms with Crippen LogP contribution in [0.3, 0.4) is 0 Å². The first kappa shape index (κ1) is 17.6. The monoisotopic (exact) mass is 353 g/mol. The minimum atomic E-state index is -0.281. The van der Waals surface area contributed by atoms with Gasteiger partial charge in [-0.3, -0.25) is 15.3 Å². The van der Waals surface area contributed by atoms with Gasteiger partial charge in [0.15, 0.2) is 5.17 Å². The summed E-state index contributed by atoms with van der Waals surface area (Å²) in [6.07, 6.45) is 0.965. The van der Waals surface area contributed by atoms with Gasteiger partial charge in [-0.05, 0) is 36.1 Å². The number of aliphatic imine (C=N–C) groups is 1. The highest BCUT2D eigenvalue weighted by Gasteiger charge is 2.29. The Labute approximate surface area is 153 Å². The van der Waals surface area contributed by atoms with E-state index in [9.17, 15) is 0 Å². The van der Waals surface area contributed by atoms with E-state index >= 15 is 0 Å². The zero-order valence-corrected chi connectivity index (χ0v) is 15.2. The molecule has 5 heteroatoms. The molecule has 3 N–H and O–H groups in total. The molecular weight excluding hydrogens is 330 g/mol. The standard InChI is InChI=1S/C20H23N3OS/c1-15(23-24-14-16-7-4-3-5-8-16)17-9-6-10-18(13-17)20(2)11-12-25-19(21)22-20/h3-10,13,23H,1,11-12,14H2,2H3,(H2,21,22). The molecule has 0 aliphatic carbocycles. The van der Waals surface area contributed by atoms with Crippen LogP contribution in [0.2, 0.25) is 0 Å². The van der Waals surface area contributed by atoms with Crippen LogP contribution >= 0.6 is 11.8 Å². The van der Waals surface area contributed by atoms with Gasteiger partial charge in [0.2, 0.25) is 0 Å². The van der Waals surface area contributed by atoms with Gasteiger partial charge in [-0.15, -0.1) is 0 Å². The molecule has 0 amide bonds. The van der Waals surface area contributed by atoms with Gasteiger partial charge in [0, 0.05) is 5.75 Å². The second kappa shape index (κ2) is 7.76. The molecule has 1 aliphatic rings. The van der Waals surface area contributed by atoms with E-state index in [1.54, 1.807) is 11.8 Å². The number of nitrogens with one attached hydrogen (secondary N) is 1. The third-order valence-corrected chi connectivity index (χ3v) is 5.10. The molecule has 1 unspecified atom stereocenters. The van der Waals surface area contributed by atoms with E-state index in [2.05, 4.69) is 36.1 Å². The van der Waals surface area contributed by atoms with Crippen LogP contribution in [0, 0.1) is 0 Å². The number of hydroxylamine groups is 1.